The van der Waals surface area contributed by atoms with Gasteiger partial charge in [-0.3, -0.25) is 0 Å². The summed E-state index contributed by atoms with van der Waals surface area (Å²) < 4.78 is 6.00. The van der Waals surface area contributed by atoms with Crippen LogP contribution in [0.5, 0.6) is 5.88 Å². The number of methoxy groups -OCH3 is 1. The molecule has 0 radical (unpaired) electrons. The topological polar surface area (TPSA) is 45.9 Å². The van der Waals surface area contributed by atoms with Gasteiger partial charge in [0.05, 0.1) is 19.6 Å². The SMILES string of the molecule is COc1ncc(I)cc1CC#N. The molecule has 0 aromatic carbocycles. The molecule has 0 fully saturated rings. The summed E-state index contributed by atoms with van der Waals surface area (Å²) in [5.74, 6) is 0.539. The second-order valence-electron chi connectivity index (χ2n) is 2.16. The van der Waals surface area contributed by atoms with Gasteiger partial charge in [-0.05, 0) is 28.7 Å². The molecule has 62 valence electrons. The molecule has 4 heteroatoms. The molecule has 1 aromatic rings. The van der Waals surface area contributed by atoms with Crippen molar-refractivity contribution in [3.8, 4) is 11.9 Å². The molecule has 0 N–H and O–H groups in total. The van der Waals surface area contributed by atoms with E-state index in [9.17, 15) is 0 Å². The van der Waals surface area contributed by atoms with Gasteiger partial charge in [0.2, 0.25) is 5.88 Å². The van der Waals surface area contributed by atoms with Crippen molar-refractivity contribution in [2.75, 3.05) is 7.11 Å². The highest BCUT2D eigenvalue weighted by Gasteiger charge is 2.03. The van der Waals surface area contributed by atoms with E-state index in [2.05, 4.69) is 33.6 Å². The van der Waals surface area contributed by atoms with Crippen molar-refractivity contribution in [3.63, 3.8) is 0 Å². The highest BCUT2D eigenvalue weighted by Crippen LogP contribution is 2.17. The number of hydrogen-bond donors (Lipinski definition) is 0. The molecule has 0 saturated heterocycles. The minimum atomic E-state index is 0.340. The fourth-order valence-corrected chi connectivity index (χ4v) is 1.38. The summed E-state index contributed by atoms with van der Waals surface area (Å²) in [7, 11) is 1.55. The van der Waals surface area contributed by atoms with Crippen LogP contribution < -0.4 is 4.74 Å². The summed E-state index contributed by atoms with van der Waals surface area (Å²) >= 11 is 2.15. The molecule has 0 unspecified atom stereocenters. The van der Waals surface area contributed by atoms with E-state index in [1.54, 1.807) is 13.3 Å². The van der Waals surface area contributed by atoms with Crippen LogP contribution in [0.2, 0.25) is 0 Å². The van der Waals surface area contributed by atoms with Crippen molar-refractivity contribution < 1.29 is 4.74 Å². The summed E-state index contributed by atoms with van der Waals surface area (Å²) in [6.45, 7) is 0. The number of ether oxygens (including phenoxy) is 1. The highest BCUT2D eigenvalue weighted by molar-refractivity contribution is 14.1. The first-order valence-electron chi connectivity index (χ1n) is 3.33. The molecule has 3 nitrogen and oxygen atoms in total. The van der Waals surface area contributed by atoms with Crippen molar-refractivity contribution in [1.82, 2.24) is 4.98 Å². The molecule has 0 bridgehead atoms. The van der Waals surface area contributed by atoms with Crippen molar-refractivity contribution in [3.05, 3.63) is 21.4 Å². The fourth-order valence-electron chi connectivity index (χ4n) is 0.864. The Hall–Kier alpha value is -0.830. The third-order valence-corrected chi connectivity index (χ3v) is 1.94. The van der Waals surface area contributed by atoms with Crippen molar-refractivity contribution in [1.29, 1.82) is 5.26 Å². The Kier molecular flexibility index (Phi) is 3.29. The van der Waals surface area contributed by atoms with Crippen LogP contribution in [0.1, 0.15) is 5.56 Å². The summed E-state index contributed by atoms with van der Waals surface area (Å²) in [5.41, 5.74) is 0.840. The molecule has 1 aromatic heterocycles. The molecule has 0 saturated carbocycles. The summed E-state index contributed by atoms with van der Waals surface area (Å²) in [4.78, 5) is 4.03. The molecular formula is C8H7IN2O. The third kappa shape index (κ3) is 2.08. The average Bonchev–Trinajstić information content (AvgIpc) is 2.05. The van der Waals surface area contributed by atoms with E-state index in [-0.39, 0.29) is 0 Å². The van der Waals surface area contributed by atoms with E-state index in [4.69, 9.17) is 10.00 Å². The van der Waals surface area contributed by atoms with Crippen LogP contribution >= 0.6 is 22.6 Å². The van der Waals surface area contributed by atoms with Gasteiger partial charge in [-0.25, -0.2) is 4.98 Å². The zero-order valence-corrected chi connectivity index (χ0v) is 8.70. The Bertz CT molecular complexity index is 319. The number of aromatic nitrogens is 1. The van der Waals surface area contributed by atoms with Gasteiger partial charge < -0.3 is 4.74 Å². The van der Waals surface area contributed by atoms with E-state index in [1.165, 1.54) is 0 Å². The van der Waals surface area contributed by atoms with Gasteiger partial charge in [0.25, 0.3) is 0 Å². The van der Waals surface area contributed by atoms with Gasteiger partial charge in [0.1, 0.15) is 0 Å². The second kappa shape index (κ2) is 4.26. The smallest absolute Gasteiger partial charge is 0.217 e. The van der Waals surface area contributed by atoms with Crippen molar-refractivity contribution in [2.24, 2.45) is 0 Å². The minimum Gasteiger partial charge on any atom is -0.481 e. The largest absolute Gasteiger partial charge is 0.481 e. The number of pyridine rings is 1. The van der Waals surface area contributed by atoms with E-state index in [0.717, 1.165) is 9.13 Å². The van der Waals surface area contributed by atoms with Crippen molar-refractivity contribution in [2.45, 2.75) is 6.42 Å². The second-order valence-corrected chi connectivity index (χ2v) is 3.40. The Morgan fingerprint density at radius 2 is 2.50 bits per heavy atom. The Labute approximate surface area is 84.5 Å². The number of hydrogen-bond acceptors (Lipinski definition) is 3. The van der Waals surface area contributed by atoms with Gasteiger partial charge in [0.15, 0.2) is 0 Å². The maximum absolute atomic E-state index is 8.49. The molecule has 1 heterocycles. The Balaban J connectivity index is 3.05. The van der Waals surface area contributed by atoms with Gasteiger partial charge in [-0.15, -0.1) is 0 Å². The standard InChI is InChI=1S/C8H7IN2O/c1-12-8-6(2-3-10)4-7(9)5-11-8/h4-5H,2H2,1H3. The summed E-state index contributed by atoms with van der Waals surface area (Å²) in [6, 6.07) is 3.96. The predicted molar refractivity (Wildman–Crippen MR) is 52.8 cm³/mol. The first-order chi connectivity index (χ1) is 5.77. The summed E-state index contributed by atoms with van der Waals surface area (Å²) in [5, 5.41) is 8.49. The lowest BCUT2D eigenvalue weighted by Gasteiger charge is -2.03. The number of halogens is 1. The minimum absolute atomic E-state index is 0.340. The first-order valence-corrected chi connectivity index (χ1v) is 4.41. The predicted octanol–water partition coefficient (Wildman–Crippen LogP) is 1.76. The van der Waals surface area contributed by atoms with E-state index in [0.29, 0.717) is 12.3 Å². The molecule has 12 heavy (non-hydrogen) atoms. The maximum atomic E-state index is 8.49. The van der Waals surface area contributed by atoms with Crippen LogP contribution in [0, 0.1) is 14.9 Å². The van der Waals surface area contributed by atoms with Gasteiger partial charge >= 0.3 is 0 Å². The molecule has 0 aliphatic heterocycles. The molecule has 1 rings (SSSR count). The van der Waals surface area contributed by atoms with Crippen LogP contribution in [0.15, 0.2) is 12.3 Å². The Morgan fingerprint density at radius 1 is 1.75 bits per heavy atom. The van der Waals surface area contributed by atoms with Crippen LogP contribution in [0.25, 0.3) is 0 Å². The van der Waals surface area contributed by atoms with Gasteiger partial charge in [-0.2, -0.15) is 5.26 Å². The fraction of sp³-hybridized carbons (Fsp3) is 0.250. The number of rotatable bonds is 2. The van der Waals surface area contributed by atoms with E-state index >= 15 is 0 Å². The zero-order chi connectivity index (χ0) is 8.97. The Morgan fingerprint density at radius 3 is 3.08 bits per heavy atom. The zero-order valence-electron chi connectivity index (χ0n) is 6.54. The molecule has 0 aliphatic rings. The normalized spacial score (nSPS) is 9.08. The van der Waals surface area contributed by atoms with Crippen LogP contribution in [0.4, 0.5) is 0 Å². The number of nitriles is 1. The lowest BCUT2D eigenvalue weighted by Crippen LogP contribution is -1.94. The lowest BCUT2D eigenvalue weighted by atomic mass is 10.2. The molecule has 0 aliphatic carbocycles. The molecule has 0 amide bonds. The van der Waals surface area contributed by atoms with Gasteiger partial charge in [-0.1, -0.05) is 0 Å². The third-order valence-electron chi connectivity index (χ3n) is 1.35. The lowest BCUT2D eigenvalue weighted by molar-refractivity contribution is 0.393. The first kappa shape index (κ1) is 9.26. The molecule has 0 atom stereocenters. The van der Waals surface area contributed by atoms with Gasteiger partial charge in [0, 0.05) is 15.3 Å². The van der Waals surface area contributed by atoms with E-state index in [1.807, 2.05) is 6.07 Å². The van der Waals surface area contributed by atoms with Crippen LogP contribution in [-0.2, 0) is 6.42 Å². The quantitative estimate of drug-likeness (QED) is 0.772. The monoisotopic (exact) mass is 274 g/mol. The van der Waals surface area contributed by atoms with E-state index < -0.39 is 0 Å². The molecule has 0 spiro atoms. The average molecular weight is 274 g/mol. The van der Waals surface area contributed by atoms with Crippen LogP contribution in [0.3, 0.4) is 0 Å². The highest BCUT2D eigenvalue weighted by atomic mass is 127. The van der Waals surface area contributed by atoms with Crippen molar-refractivity contribution >= 4 is 22.6 Å². The summed E-state index contributed by atoms with van der Waals surface area (Å²) in [6.07, 6.45) is 2.05. The molecular weight excluding hydrogens is 267 g/mol. The van der Waals surface area contributed by atoms with Crippen LogP contribution in [-0.4, -0.2) is 12.1 Å². The maximum Gasteiger partial charge on any atom is 0.217 e. The number of nitrogens with zero attached hydrogens (tertiary/aromatic N) is 2.